The molecule has 3 N–H and O–H groups in total. The molecule has 0 spiro atoms. The summed E-state index contributed by atoms with van der Waals surface area (Å²) in [4.78, 5) is 46.6. The van der Waals surface area contributed by atoms with E-state index in [0.717, 1.165) is 50.7 Å². The number of rotatable bonds is 15. The van der Waals surface area contributed by atoms with Crippen molar-refractivity contribution in [1.29, 1.82) is 0 Å². The molecule has 0 aliphatic carbocycles. The van der Waals surface area contributed by atoms with Crippen LogP contribution in [0.3, 0.4) is 0 Å². The average molecular weight is 519 g/mol. The first-order valence-electron chi connectivity index (χ1n) is 13.0. The van der Waals surface area contributed by atoms with Gasteiger partial charge >= 0.3 is 6.03 Å². The van der Waals surface area contributed by atoms with Gasteiger partial charge in [0.25, 0.3) is 5.69 Å². The topological polar surface area (TPSA) is 130 Å². The van der Waals surface area contributed by atoms with Crippen molar-refractivity contribution in [1.82, 2.24) is 10.6 Å². The van der Waals surface area contributed by atoms with Crippen LogP contribution < -0.4 is 16.0 Å². The number of nitro groups is 1. The highest BCUT2D eigenvalue weighted by Gasteiger charge is 2.42. The van der Waals surface area contributed by atoms with E-state index in [0.29, 0.717) is 41.5 Å². The molecule has 2 fully saturated rings. The van der Waals surface area contributed by atoms with Crippen LogP contribution in [-0.4, -0.2) is 45.7 Å². The summed E-state index contributed by atoms with van der Waals surface area (Å²) < 4.78 is 0. The molecular formula is C26H38N4O5S. The maximum atomic E-state index is 12.2. The van der Waals surface area contributed by atoms with Gasteiger partial charge in [-0.15, -0.1) is 0 Å². The van der Waals surface area contributed by atoms with Gasteiger partial charge in [0, 0.05) is 47.6 Å². The van der Waals surface area contributed by atoms with Crippen LogP contribution in [-0.2, 0) is 9.59 Å². The van der Waals surface area contributed by atoms with E-state index in [2.05, 4.69) is 16.0 Å². The van der Waals surface area contributed by atoms with Crippen LogP contribution in [0, 0.1) is 10.1 Å². The zero-order chi connectivity index (χ0) is 26.1. The highest BCUT2D eigenvalue weighted by Crippen LogP contribution is 2.33. The summed E-state index contributed by atoms with van der Waals surface area (Å²) in [5.41, 5.74) is 1.25. The number of Topliss-reactive ketones (excluding diaryl/α,β-unsaturated/α-hetero) is 1. The van der Waals surface area contributed by atoms with Gasteiger partial charge in [0.1, 0.15) is 5.78 Å². The van der Waals surface area contributed by atoms with Crippen molar-refractivity contribution >= 4 is 40.9 Å². The Morgan fingerprint density at radius 2 is 1.78 bits per heavy atom. The molecule has 2 heterocycles. The molecule has 0 aromatic heterocycles. The molecule has 2 saturated heterocycles. The third-order valence-corrected chi connectivity index (χ3v) is 8.38. The molecule has 3 amide bonds. The van der Waals surface area contributed by atoms with Gasteiger partial charge in [-0.2, -0.15) is 11.8 Å². The van der Waals surface area contributed by atoms with Gasteiger partial charge in [-0.3, -0.25) is 19.7 Å². The highest BCUT2D eigenvalue weighted by molar-refractivity contribution is 8.00. The summed E-state index contributed by atoms with van der Waals surface area (Å²) in [6.45, 7) is 3.77. The molecule has 1 aromatic carbocycles. The predicted molar refractivity (Wildman–Crippen MR) is 142 cm³/mol. The number of ketones is 1. The van der Waals surface area contributed by atoms with E-state index in [-0.39, 0.29) is 35.6 Å². The van der Waals surface area contributed by atoms with Gasteiger partial charge in [0.05, 0.1) is 17.0 Å². The van der Waals surface area contributed by atoms with E-state index in [1.54, 1.807) is 12.1 Å². The molecule has 0 saturated carbocycles. The monoisotopic (exact) mass is 518 g/mol. The number of hydrogen-bond donors (Lipinski definition) is 3. The molecule has 3 rings (SSSR count). The molecule has 2 aliphatic heterocycles. The number of hydrogen-bond acceptors (Lipinski definition) is 6. The quantitative estimate of drug-likeness (QED) is 0.125. The highest BCUT2D eigenvalue weighted by atomic mass is 32.2. The number of nitrogens with zero attached hydrogens (tertiary/aromatic N) is 1. The van der Waals surface area contributed by atoms with Crippen LogP contribution in [0.1, 0.15) is 89.5 Å². The normalized spacial score (nSPS) is 20.6. The van der Waals surface area contributed by atoms with Crippen LogP contribution in [0.15, 0.2) is 18.2 Å². The number of benzene rings is 1. The fourth-order valence-corrected chi connectivity index (χ4v) is 6.43. The lowest BCUT2D eigenvalue weighted by Crippen LogP contribution is -2.36. The zero-order valence-electron chi connectivity index (χ0n) is 21.2. The van der Waals surface area contributed by atoms with Gasteiger partial charge in [0.2, 0.25) is 5.91 Å². The van der Waals surface area contributed by atoms with Crippen molar-refractivity contribution in [2.75, 3.05) is 11.1 Å². The smallest absolute Gasteiger partial charge is 0.315 e. The van der Waals surface area contributed by atoms with Gasteiger partial charge in [-0.1, -0.05) is 33.1 Å². The van der Waals surface area contributed by atoms with E-state index in [9.17, 15) is 24.5 Å². The zero-order valence-corrected chi connectivity index (χ0v) is 22.0. The van der Waals surface area contributed by atoms with E-state index in [1.165, 1.54) is 6.07 Å². The number of carbonyl (C=O) groups is 3. The molecule has 0 radical (unpaired) electrons. The van der Waals surface area contributed by atoms with Gasteiger partial charge in [-0.05, 0) is 43.7 Å². The summed E-state index contributed by atoms with van der Waals surface area (Å²) in [6, 6.07) is 5.11. The second-order valence-electron chi connectivity index (χ2n) is 10.1. The Kier molecular flexibility index (Phi) is 10.6. The van der Waals surface area contributed by atoms with Crippen LogP contribution in [0.5, 0.6) is 0 Å². The number of anilines is 1. The maximum Gasteiger partial charge on any atom is 0.315 e. The van der Waals surface area contributed by atoms with E-state index < -0.39 is 4.92 Å². The van der Waals surface area contributed by atoms with Gasteiger partial charge in [-0.25, -0.2) is 4.79 Å². The third kappa shape index (κ3) is 8.21. The largest absolute Gasteiger partial charge is 0.332 e. The fraction of sp³-hybridized carbons (Fsp3) is 0.654. The lowest BCUT2D eigenvalue weighted by Gasteiger charge is -2.16. The number of nitro benzene ring substituents is 1. The Bertz CT molecular complexity index is 954. The Morgan fingerprint density at radius 3 is 2.47 bits per heavy atom. The molecule has 36 heavy (non-hydrogen) atoms. The standard InChI is InChI=1S/C26H38N4O5S/c1-17(2)20-15-18(13-14-22(20)30(34)35)27-24(32)12-6-4-3-5-9-19(31)10-7-8-11-23-25-21(16-36-23)28-26(33)29-25/h13-15,17,21,23,25H,3-12,16H2,1-2H3,(H,27,32)(H2,28,29,33). The third-order valence-electron chi connectivity index (χ3n) is 6.87. The second kappa shape index (κ2) is 13.6. The van der Waals surface area contributed by atoms with Gasteiger partial charge in [0.15, 0.2) is 0 Å². The molecule has 1 aromatic rings. The molecule has 198 valence electrons. The van der Waals surface area contributed by atoms with Crippen molar-refractivity contribution in [3.05, 3.63) is 33.9 Å². The first kappa shape index (κ1) is 28.0. The summed E-state index contributed by atoms with van der Waals surface area (Å²) in [5, 5.41) is 20.4. The fourth-order valence-electron chi connectivity index (χ4n) is 4.88. The summed E-state index contributed by atoms with van der Waals surface area (Å²) in [7, 11) is 0. The minimum atomic E-state index is -0.398. The van der Waals surface area contributed by atoms with Crippen molar-refractivity contribution in [2.24, 2.45) is 0 Å². The number of nitrogens with one attached hydrogen (secondary N) is 3. The number of amides is 3. The summed E-state index contributed by atoms with van der Waals surface area (Å²) >= 11 is 1.91. The molecule has 9 nitrogen and oxygen atoms in total. The first-order valence-corrected chi connectivity index (χ1v) is 14.1. The lowest BCUT2D eigenvalue weighted by atomic mass is 10.0. The number of urea groups is 1. The van der Waals surface area contributed by atoms with Crippen molar-refractivity contribution in [3.63, 3.8) is 0 Å². The first-order chi connectivity index (χ1) is 17.2. The summed E-state index contributed by atoms with van der Waals surface area (Å²) in [6.07, 6.45) is 7.93. The SMILES string of the molecule is CC(C)c1cc(NC(=O)CCCCCCC(=O)CCCCC2SCC3NC(=O)NC32)ccc1[N+](=O)[O-]. The van der Waals surface area contributed by atoms with Crippen LogP contribution in [0.25, 0.3) is 0 Å². The van der Waals surface area contributed by atoms with E-state index in [1.807, 2.05) is 25.6 Å². The number of carbonyl (C=O) groups excluding carboxylic acids is 3. The Labute approximate surface area is 217 Å². The Morgan fingerprint density at radius 1 is 1.08 bits per heavy atom. The van der Waals surface area contributed by atoms with Crippen molar-refractivity contribution in [2.45, 2.75) is 101 Å². The number of fused-ring (bicyclic) bond motifs is 1. The Hall–Kier alpha value is -2.62. The molecule has 3 unspecified atom stereocenters. The van der Waals surface area contributed by atoms with Gasteiger partial charge < -0.3 is 16.0 Å². The van der Waals surface area contributed by atoms with Crippen molar-refractivity contribution in [3.8, 4) is 0 Å². The molecule has 2 aliphatic rings. The van der Waals surface area contributed by atoms with Crippen molar-refractivity contribution < 1.29 is 19.3 Å². The molecular weight excluding hydrogens is 480 g/mol. The number of thioether (sulfide) groups is 1. The minimum Gasteiger partial charge on any atom is -0.332 e. The van der Waals surface area contributed by atoms with Crippen LogP contribution >= 0.6 is 11.8 Å². The second-order valence-corrected chi connectivity index (χ2v) is 11.3. The predicted octanol–water partition coefficient (Wildman–Crippen LogP) is 5.29. The van der Waals surface area contributed by atoms with E-state index in [4.69, 9.17) is 0 Å². The molecule has 10 heteroatoms. The maximum absolute atomic E-state index is 12.2. The van der Waals surface area contributed by atoms with Crippen LogP contribution in [0.4, 0.5) is 16.2 Å². The van der Waals surface area contributed by atoms with E-state index >= 15 is 0 Å². The van der Waals surface area contributed by atoms with Crippen LogP contribution in [0.2, 0.25) is 0 Å². The molecule has 0 bridgehead atoms. The molecule has 3 atom stereocenters. The Balaban J connectivity index is 1.21. The average Bonchev–Trinajstić information content (AvgIpc) is 3.38. The minimum absolute atomic E-state index is 0.0160. The number of unbranched alkanes of at least 4 members (excludes halogenated alkanes) is 4. The summed E-state index contributed by atoms with van der Waals surface area (Å²) in [5.74, 6) is 1.15. The lowest BCUT2D eigenvalue weighted by molar-refractivity contribution is -0.385.